The normalized spacial score (nSPS) is 49.6. The molecule has 0 bridgehead atoms. The number of carbonyl (C=O) groups excluding carboxylic acids is 2. The molecule has 0 spiro atoms. The molecule has 0 aromatic carbocycles. The Morgan fingerprint density at radius 1 is 0.426 bits per heavy atom. The van der Waals surface area contributed by atoms with Gasteiger partial charge >= 0.3 is 0 Å². The van der Waals surface area contributed by atoms with Crippen LogP contribution in [0.1, 0.15) is 20.8 Å². The molecule has 5 fully saturated rings. The maximum atomic E-state index is 12.7. The standard InChI is InChI=1S/C34H58N2O25/c1-8-17(43)22(48)24(50)32(53-8)61-29-23(49)18(44)11(4-37)57-34(29)59-27-16(36-10(3)42)31(55-12(5-38)19(27)45)60-28-20(46)13(6-39)56-33(25(28)51)58-26-14(7-40)54-30(52)15(21(26)47)35-9(2)41/h8,11-34,37-40,43-52H,4-7H2,1-3H3,(H,35,41)(H,36,42)/t8-,11+,12+,13+,14+,15+,16+,17+,18-,19+,20-,21+,22+,23-,24-,25+,26+,27+,28-,29+,30-,31-,32-,33-,34-/m0/s1. The predicted octanol–water partition coefficient (Wildman–Crippen LogP) is -10.6. The lowest BCUT2D eigenvalue weighted by molar-refractivity contribution is -0.389. The van der Waals surface area contributed by atoms with Crippen LogP contribution in [0.2, 0.25) is 0 Å². The fourth-order valence-electron chi connectivity index (χ4n) is 7.76. The molecule has 25 atom stereocenters. The lowest BCUT2D eigenvalue weighted by Crippen LogP contribution is -2.70. The number of carbonyl (C=O) groups is 2. The number of rotatable bonds is 14. The Kier molecular flexibility index (Phi) is 17.5. The summed E-state index contributed by atoms with van der Waals surface area (Å²) in [5.74, 6) is -1.52. The summed E-state index contributed by atoms with van der Waals surface area (Å²) in [5, 5.41) is 154. The van der Waals surface area contributed by atoms with Gasteiger partial charge in [-0.15, -0.1) is 0 Å². The highest BCUT2D eigenvalue weighted by molar-refractivity contribution is 5.73. The third-order valence-corrected chi connectivity index (χ3v) is 11.1. The van der Waals surface area contributed by atoms with E-state index < -0.39 is 192 Å². The first-order valence-electron chi connectivity index (χ1n) is 19.5. The van der Waals surface area contributed by atoms with Gasteiger partial charge in [0.1, 0.15) is 116 Å². The van der Waals surface area contributed by atoms with Crippen molar-refractivity contribution in [3.8, 4) is 0 Å². The summed E-state index contributed by atoms with van der Waals surface area (Å²) in [6, 6.07) is -3.24. The minimum absolute atomic E-state index is 0.694. The molecule has 354 valence electrons. The van der Waals surface area contributed by atoms with Crippen LogP contribution in [0, 0.1) is 0 Å². The fourth-order valence-corrected chi connectivity index (χ4v) is 7.76. The Balaban J connectivity index is 1.44. The van der Waals surface area contributed by atoms with Gasteiger partial charge in [0.25, 0.3) is 0 Å². The van der Waals surface area contributed by atoms with Gasteiger partial charge in [0.15, 0.2) is 31.5 Å². The molecule has 5 aliphatic heterocycles. The zero-order valence-corrected chi connectivity index (χ0v) is 33.0. The molecule has 27 nitrogen and oxygen atoms in total. The summed E-state index contributed by atoms with van der Waals surface area (Å²) in [6.07, 6.45) is -41.4. The number of aliphatic hydroxyl groups excluding tert-OH is 14. The Morgan fingerprint density at radius 2 is 0.885 bits per heavy atom. The van der Waals surface area contributed by atoms with Gasteiger partial charge < -0.3 is 125 Å². The van der Waals surface area contributed by atoms with Crippen molar-refractivity contribution < 1.29 is 124 Å². The average Bonchev–Trinajstić information content (AvgIpc) is 3.21. The van der Waals surface area contributed by atoms with Gasteiger partial charge in [0, 0.05) is 13.8 Å². The molecule has 27 heteroatoms. The summed E-state index contributed by atoms with van der Waals surface area (Å²) < 4.78 is 51.4. The predicted molar refractivity (Wildman–Crippen MR) is 188 cm³/mol. The molecule has 0 aliphatic carbocycles. The van der Waals surface area contributed by atoms with E-state index in [2.05, 4.69) is 10.6 Å². The highest BCUT2D eigenvalue weighted by Gasteiger charge is 2.57. The van der Waals surface area contributed by atoms with Crippen LogP contribution in [0.3, 0.4) is 0 Å². The summed E-state index contributed by atoms with van der Waals surface area (Å²) in [7, 11) is 0. The minimum atomic E-state index is -2.12. The summed E-state index contributed by atoms with van der Waals surface area (Å²) in [4.78, 5) is 24.4. The van der Waals surface area contributed by atoms with Crippen LogP contribution in [0.5, 0.6) is 0 Å². The van der Waals surface area contributed by atoms with E-state index >= 15 is 0 Å². The molecule has 0 aromatic rings. The first kappa shape index (κ1) is 50.0. The van der Waals surface area contributed by atoms with Gasteiger partial charge in [-0.1, -0.05) is 0 Å². The zero-order chi connectivity index (χ0) is 45.2. The molecule has 5 rings (SSSR count). The smallest absolute Gasteiger partial charge is 0.217 e. The summed E-state index contributed by atoms with van der Waals surface area (Å²) in [6.45, 7) is -0.281. The quantitative estimate of drug-likeness (QED) is 0.0770. The number of hydrogen-bond acceptors (Lipinski definition) is 25. The maximum Gasteiger partial charge on any atom is 0.217 e. The van der Waals surface area contributed by atoms with E-state index in [1.807, 2.05) is 0 Å². The van der Waals surface area contributed by atoms with E-state index in [0.717, 1.165) is 13.8 Å². The molecule has 2 amide bonds. The van der Waals surface area contributed by atoms with Crippen molar-refractivity contribution in [3.63, 3.8) is 0 Å². The number of ether oxygens (including phenoxy) is 9. The van der Waals surface area contributed by atoms with Gasteiger partial charge in [-0.05, 0) is 6.92 Å². The van der Waals surface area contributed by atoms with E-state index in [9.17, 15) is 81.1 Å². The van der Waals surface area contributed by atoms with Crippen molar-refractivity contribution in [2.24, 2.45) is 0 Å². The summed E-state index contributed by atoms with van der Waals surface area (Å²) in [5.41, 5.74) is 0. The topological polar surface area (TPSA) is 424 Å². The number of amides is 2. The molecule has 5 saturated heterocycles. The Hall–Kier alpha value is -1.98. The van der Waals surface area contributed by atoms with E-state index in [4.69, 9.17) is 42.6 Å². The molecular weight excluding hydrogens is 836 g/mol. The lowest BCUT2D eigenvalue weighted by Gasteiger charge is -2.51. The molecule has 0 radical (unpaired) electrons. The van der Waals surface area contributed by atoms with Crippen LogP contribution in [-0.2, 0) is 52.2 Å². The number of nitrogens with one attached hydrogen (secondary N) is 2. The summed E-state index contributed by atoms with van der Waals surface area (Å²) >= 11 is 0. The van der Waals surface area contributed by atoms with Gasteiger partial charge in [0.2, 0.25) is 11.8 Å². The van der Waals surface area contributed by atoms with Gasteiger partial charge in [-0.3, -0.25) is 9.59 Å². The minimum Gasteiger partial charge on any atom is -0.394 e. The number of hydrogen-bond donors (Lipinski definition) is 16. The molecule has 0 aromatic heterocycles. The van der Waals surface area contributed by atoms with Crippen molar-refractivity contribution in [1.82, 2.24) is 10.6 Å². The number of aliphatic hydroxyl groups is 14. The highest BCUT2D eigenvalue weighted by Crippen LogP contribution is 2.36. The second-order valence-electron chi connectivity index (χ2n) is 15.4. The van der Waals surface area contributed by atoms with Crippen molar-refractivity contribution in [2.75, 3.05) is 26.4 Å². The Bertz CT molecular complexity index is 1420. The zero-order valence-electron chi connectivity index (χ0n) is 33.0. The lowest BCUT2D eigenvalue weighted by atomic mass is 9.94. The third kappa shape index (κ3) is 10.8. The van der Waals surface area contributed by atoms with Crippen LogP contribution in [-0.4, -0.2) is 263 Å². The van der Waals surface area contributed by atoms with Crippen LogP contribution < -0.4 is 10.6 Å². The molecular formula is C34H58N2O25. The second-order valence-corrected chi connectivity index (χ2v) is 15.4. The molecule has 16 N–H and O–H groups in total. The van der Waals surface area contributed by atoms with E-state index in [1.54, 1.807) is 0 Å². The van der Waals surface area contributed by atoms with Gasteiger partial charge in [-0.25, -0.2) is 0 Å². The molecule has 0 saturated carbocycles. The van der Waals surface area contributed by atoms with E-state index in [1.165, 1.54) is 6.92 Å². The first-order valence-corrected chi connectivity index (χ1v) is 19.5. The van der Waals surface area contributed by atoms with Crippen LogP contribution in [0.4, 0.5) is 0 Å². The fraction of sp³-hybridized carbons (Fsp3) is 0.941. The average molecular weight is 895 g/mol. The van der Waals surface area contributed by atoms with Crippen molar-refractivity contribution in [3.05, 3.63) is 0 Å². The Labute approximate surface area is 346 Å². The Morgan fingerprint density at radius 3 is 1.46 bits per heavy atom. The first-order chi connectivity index (χ1) is 28.8. The largest absolute Gasteiger partial charge is 0.394 e. The van der Waals surface area contributed by atoms with Crippen molar-refractivity contribution in [2.45, 2.75) is 174 Å². The molecule has 0 unspecified atom stereocenters. The van der Waals surface area contributed by atoms with Crippen molar-refractivity contribution >= 4 is 11.8 Å². The van der Waals surface area contributed by atoms with E-state index in [-0.39, 0.29) is 0 Å². The van der Waals surface area contributed by atoms with Crippen LogP contribution in [0.25, 0.3) is 0 Å². The maximum absolute atomic E-state index is 12.7. The van der Waals surface area contributed by atoms with Crippen LogP contribution in [0.15, 0.2) is 0 Å². The second kappa shape index (κ2) is 21.3. The van der Waals surface area contributed by atoms with Gasteiger partial charge in [-0.2, -0.15) is 0 Å². The molecule has 5 aliphatic rings. The van der Waals surface area contributed by atoms with Gasteiger partial charge in [0.05, 0.1) is 32.5 Å². The third-order valence-electron chi connectivity index (χ3n) is 11.1. The SMILES string of the molecule is CC(=O)N[C@@H]1[C@@H](O)[C@H](O[C@@H]2O[C@H](CO)[C@H](O)[C@H](O[C@@H]3O[C@H](CO)[C@@H](O)[C@H](O[C@@H]4O[C@H](CO)[C@H](O)[C@H](O)[C@H]4O[C@@H]4O[C@@H](C)[C@@H](O)[C@@H](O)[C@@H]4O)[C@H]3NC(C)=O)[C@H]2O)[C@@H](CO)O[C@@H]1O. The molecule has 61 heavy (non-hydrogen) atoms. The monoisotopic (exact) mass is 894 g/mol. The van der Waals surface area contributed by atoms with Crippen LogP contribution >= 0.6 is 0 Å². The highest BCUT2D eigenvalue weighted by atomic mass is 16.8. The van der Waals surface area contributed by atoms with Crippen molar-refractivity contribution in [1.29, 1.82) is 0 Å². The van der Waals surface area contributed by atoms with E-state index in [0.29, 0.717) is 0 Å². The molecule has 5 heterocycles.